The molecule has 7 heteroatoms. The van der Waals surface area contributed by atoms with Crippen molar-refractivity contribution in [1.29, 1.82) is 0 Å². The molecule has 0 radical (unpaired) electrons. The first kappa shape index (κ1) is 20.6. The van der Waals surface area contributed by atoms with E-state index in [-0.39, 0.29) is 6.10 Å². The molecule has 0 amide bonds. The average Bonchev–Trinajstić information content (AvgIpc) is 2.64. The summed E-state index contributed by atoms with van der Waals surface area (Å²) in [5.41, 5.74) is 0.968. The van der Waals surface area contributed by atoms with Crippen molar-refractivity contribution in [1.82, 2.24) is 9.88 Å². The molecule has 1 aliphatic heterocycles. The van der Waals surface area contributed by atoms with Crippen molar-refractivity contribution in [3.63, 3.8) is 0 Å². The minimum atomic E-state index is -4.43. The number of piperidine rings is 1. The Labute approximate surface area is 163 Å². The molecule has 2 heterocycles. The molecule has 0 aliphatic carbocycles. The predicted octanol–water partition coefficient (Wildman–Crippen LogP) is 4.24. The minimum Gasteiger partial charge on any atom is -0.488 e. The van der Waals surface area contributed by atoms with Gasteiger partial charge in [-0.3, -0.25) is 9.88 Å². The number of hydrogen-bond donors (Lipinski definition) is 1. The fourth-order valence-electron chi connectivity index (χ4n) is 3.32. The predicted molar refractivity (Wildman–Crippen MR) is 100 cm³/mol. The van der Waals surface area contributed by atoms with Gasteiger partial charge in [-0.25, -0.2) is 0 Å². The first-order valence-electron chi connectivity index (χ1n) is 9.41. The highest BCUT2D eigenvalue weighted by Crippen LogP contribution is 2.28. The van der Waals surface area contributed by atoms with Crippen molar-refractivity contribution >= 4 is 0 Å². The Hall–Kier alpha value is -2.12. The van der Waals surface area contributed by atoms with E-state index in [4.69, 9.17) is 4.74 Å². The molecule has 0 saturated carbocycles. The molecule has 28 heavy (non-hydrogen) atoms. The van der Waals surface area contributed by atoms with Gasteiger partial charge in [0, 0.05) is 25.8 Å². The van der Waals surface area contributed by atoms with Gasteiger partial charge >= 0.3 is 6.18 Å². The lowest BCUT2D eigenvalue weighted by molar-refractivity contribution is -0.141. The van der Waals surface area contributed by atoms with Crippen LogP contribution in [0.4, 0.5) is 13.2 Å². The normalized spacial score (nSPS) is 21.1. The lowest BCUT2D eigenvalue weighted by Gasteiger charge is -2.36. The zero-order valence-electron chi connectivity index (χ0n) is 16.0. The third-order valence-corrected chi connectivity index (χ3v) is 4.94. The molecule has 0 spiro atoms. The monoisotopic (exact) mass is 394 g/mol. The maximum Gasteiger partial charge on any atom is 0.433 e. The molecular formula is C21H25F3N2O2. The van der Waals surface area contributed by atoms with Crippen LogP contribution in [0.3, 0.4) is 0 Å². The number of aliphatic hydroxyl groups excluding tert-OH is 1. The summed E-state index contributed by atoms with van der Waals surface area (Å²) in [5.74, 6) is 1.14. The minimum absolute atomic E-state index is 0.301. The topological polar surface area (TPSA) is 45.6 Å². The molecule has 2 atom stereocenters. The maximum absolute atomic E-state index is 12.6. The van der Waals surface area contributed by atoms with Crippen LogP contribution in [0.2, 0.25) is 0 Å². The first-order chi connectivity index (χ1) is 13.2. The van der Waals surface area contributed by atoms with Crippen LogP contribution in [0, 0.1) is 0 Å². The van der Waals surface area contributed by atoms with Gasteiger partial charge in [0.05, 0.1) is 0 Å². The van der Waals surface area contributed by atoms with E-state index in [1.165, 1.54) is 17.8 Å². The Balaban J connectivity index is 1.55. The van der Waals surface area contributed by atoms with Gasteiger partial charge in [-0.05, 0) is 41.7 Å². The van der Waals surface area contributed by atoms with Crippen LogP contribution in [0.15, 0.2) is 42.6 Å². The van der Waals surface area contributed by atoms with Gasteiger partial charge < -0.3 is 9.84 Å². The lowest BCUT2D eigenvalue weighted by Crippen LogP contribution is -2.48. The Kier molecular flexibility index (Phi) is 6.25. The number of benzene rings is 1. The largest absolute Gasteiger partial charge is 0.488 e. The second-order valence-electron chi connectivity index (χ2n) is 7.52. The average molecular weight is 394 g/mol. The Bertz CT molecular complexity index is 778. The summed E-state index contributed by atoms with van der Waals surface area (Å²) < 4.78 is 43.8. The van der Waals surface area contributed by atoms with Crippen molar-refractivity contribution < 1.29 is 23.0 Å². The molecule has 1 aromatic carbocycles. The molecule has 1 N–H and O–H groups in total. The molecule has 1 saturated heterocycles. The summed E-state index contributed by atoms with van der Waals surface area (Å²) >= 11 is 0. The highest BCUT2D eigenvalue weighted by atomic mass is 19.4. The summed E-state index contributed by atoms with van der Waals surface area (Å²) in [4.78, 5) is 5.49. The van der Waals surface area contributed by atoms with Gasteiger partial charge in [-0.15, -0.1) is 0 Å². The fourth-order valence-corrected chi connectivity index (χ4v) is 3.32. The van der Waals surface area contributed by atoms with Crippen LogP contribution in [0.1, 0.15) is 43.0 Å². The Morgan fingerprint density at radius 1 is 1.25 bits per heavy atom. The number of aliphatic hydroxyl groups is 1. The Morgan fingerprint density at radius 2 is 2.04 bits per heavy atom. The molecule has 0 unspecified atom stereocenters. The van der Waals surface area contributed by atoms with Crippen LogP contribution in [0.5, 0.6) is 5.75 Å². The summed E-state index contributed by atoms with van der Waals surface area (Å²) in [5, 5.41) is 10.5. The molecule has 1 fully saturated rings. The molecule has 0 bridgehead atoms. The number of halogens is 3. The van der Waals surface area contributed by atoms with Gasteiger partial charge in [0.25, 0.3) is 0 Å². The highest BCUT2D eigenvalue weighted by molar-refractivity contribution is 5.30. The fraction of sp³-hybridized carbons (Fsp3) is 0.476. The van der Waals surface area contributed by atoms with Gasteiger partial charge in [0.2, 0.25) is 0 Å². The van der Waals surface area contributed by atoms with Crippen LogP contribution in [0.25, 0.3) is 0 Å². The SMILES string of the molecule is CC(C)c1cccc(O[C@@H]2CCN(Cc3ccc(C(F)(F)F)nc3)C[C@H]2O)c1. The molecular weight excluding hydrogens is 369 g/mol. The second kappa shape index (κ2) is 8.49. The third kappa shape index (κ3) is 5.23. The third-order valence-electron chi connectivity index (χ3n) is 4.94. The standard InChI is InChI=1S/C21H25F3N2O2/c1-14(2)16-4-3-5-17(10-16)28-19-8-9-26(13-18(19)27)12-15-6-7-20(25-11-15)21(22,23)24/h3-7,10-11,14,18-19,27H,8-9,12-13H2,1-2H3/t18-,19-/m1/s1. The molecule has 3 rings (SSSR count). The highest BCUT2D eigenvalue weighted by Gasteiger charge is 2.32. The molecule has 4 nitrogen and oxygen atoms in total. The quantitative estimate of drug-likeness (QED) is 0.824. The van der Waals surface area contributed by atoms with Crippen LogP contribution < -0.4 is 4.74 Å². The van der Waals surface area contributed by atoms with E-state index in [2.05, 4.69) is 24.9 Å². The number of nitrogens with zero attached hydrogens (tertiary/aromatic N) is 2. The zero-order chi connectivity index (χ0) is 20.3. The van der Waals surface area contributed by atoms with E-state index < -0.39 is 18.0 Å². The number of pyridine rings is 1. The number of ether oxygens (including phenoxy) is 1. The maximum atomic E-state index is 12.6. The summed E-state index contributed by atoms with van der Waals surface area (Å²) in [6.07, 6.45) is -3.52. The number of β-amino-alcohol motifs (C(OH)–C–C–N with tert-alkyl or cyclic N) is 1. The van der Waals surface area contributed by atoms with Gasteiger partial charge in [-0.2, -0.15) is 13.2 Å². The van der Waals surface area contributed by atoms with E-state index >= 15 is 0 Å². The lowest BCUT2D eigenvalue weighted by atomic mass is 10.0. The van der Waals surface area contributed by atoms with E-state index in [1.807, 2.05) is 23.1 Å². The summed E-state index contributed by atoms with van der Waals surface area (Å²) in [6.45, 7) is 5.75. The first-order valence-corrected chi connectivity index (χ1v) is 9.41. The summed E-state index contributed by atoms with van der Waals surface area (Å²) in [6, 6.07) is 10.3. The van der Waals surface area contributed by atoms with Crippen LogP contribution in [-0.2, 0) is 12.7 Å². The molecule has 2 aromatic rings. The number of rotatable bonds is 5. The van der Waals surface area contributed by atoms with E-state index in [1.54, 1.807) is 0 Å². The number of hydrogen-bond acceptors (Lipinski definition) is 4. The van der Waals surface area contributed by atoms with Gasteiger partial charge in [-0.1, -0.05) is 32.0 Å². The van der Waals surface area contributed by atoms with Crippen LogP contribution >= 0.6 is 0 Å². The molecule has 1 aromatic heterocycles. The summed E-state index contributed by atoms with van der Waals surface area (Å²) in [7, 11) is 0. The number of aromatic nitrogens is 1. The van der Waals surface area contributed by atoms with Gasteiger partial charge in [0.1, 0.15) is 23.7 Å². The zero-order valence-corrected chi connectivity index (χ0v) is 16.0. The van der Waals surface area contributed by atoms with Crippen molar-refractivity contribution in [2.75, 3.05) is 13.1 Å². The van der Waals surface area contributed by atoms with E-state index in [0.717, 1.165) is 11.8 Å². The van der Waals surface area contributed by atoms with Crippen molar-refractivity contribution in [3.05, 3.63) is 59.4 Å². The van der Waals surface area contributed by atoms with E-state index in [9.17, 15) is 18.3 Å². The van der Waals surface area contributed by atoms with Crippen molar-refractivity contribution in [2.45, 2.75) is 51.1 Å². The smallest absolute Gasteiger partial charge is 0.433 e. The molecule has 152 valence electrons. The second-order valence-corrected chi connectivity index (χ2v) is 7.52. The van der Waals surface area contributed by atoms with Gasteiger partial charge in [0.15, 0.2) is 0 Å². The number of likely N-dealkylation sites (tertiary alicyclic amines) is 1. The number of alkyl halides is 3. The van der Waals surface area contributed by atoms with Crippen molar-refractivity contribution in [3.8, 4) is 5.75 Å². The van der Waals surface area contributed by atoms with Crippen molar-refractivity contribution in [2.24, 2.45) is 0 Å². The van der Waals surface area contributed by atoms with Crippen LogP contribution in [-0.4, -0.2) is 40.3 Å². The molecule has 1 aliphatic rings. The van der Waals surface area contributed by atoms with E-state index in [0.29, 0.717) is 37.5 Å². The Morgan fingerprint density at radius 3 is 2.64 bits per heavy atom.